The minimum Gasteiger partial charge on any atom is -0.461 e. The van der Waals surface area contributed by atoms with Gasteiger partial charge in [-0.25, -0.2) is 18.0 Å². The van der Waals surface area contributed by atoms with E-state index >= 15 is 0 Å². The van der Waals surface area contributed by atoms with E-state index in [0.717, 1.165) is 19.0 Å². The second kappa shape index (κ2) is 7.00. The Morgan fingerprint density at radius 2 is 1.94 bits per heavy atom. The second-order valence-electron chi connectivity index (χ2n) is 3.61. The van der Waals surface area contributed by atoms with Crippen molar-refractivity contribution in [2.24, 2.45) is 0 Å². The highest BCUT2D eigenvalue weighted by Gasteiger charge is 2.19. The lowest BCUT2D eigenvalue weighted by atomic mass is 10.2. The summed E-state index contributed by atoms with van der Waals surface area (Å²) >= 11 is 0. The van der Waals surface area contributed by atoms with E-state index in [1.807, 2.05) is 6.92 Å². The molecule has 0 aliphatic rings. The molecule has 18 heavy (non-hydrogen) atoms. The number of ether oxygens (including phenoxy) is 1. The van der Waals surface area contributed by atoms with Gasteiger partial charge in [0.2, 0.25) is 0 Å². The van der Waals surface area contributed by atoms with Crippen molar-refractivity contribution in [2.45, 2.75) is 13.3 Å². The first-order valence-corrected chi connectivity index (χ1v) is 5.59. The molecule has 1 aromatic carbocycles. The number of halogens is 3. The molecule has 0 fully saturated rings. The molecule has 100 valence electrons. The van der Waals surface area contributed by atoms with E-state index in [1.54, 1.807) is 0 Å². The third-order valence-corrected chi connectivity index (χ3v) is 2.19. The predicted octanol–water partition coefficient (Wildman–Crippen LogP) is 2.26. The van der Waals surface area contributed by atoms with Gasteiger partial charge in [0.25, 0.3) is 0 Å². The number of hydrogen-bond acceptors (Lipinski definition) is 3. The van der Waals surface area contributed by atoms with Crippen molar-refractivity contribution in [3.63, 3.8) is 0 Å². The van der Waals surface area contributed by atoms with Gasteiger partial charge < -0.3 is 10.1 Å². The summed E-state index contributed by atoms with van der Waals surface area (Å²) in [6.45, 7) is 3.22. The highest BCUT2D eigenvalue weighted by atomic mass is 19.2. The van der Waals surface area contributed by atoms with Crippen LogP contribution in [-0.2, 0) is 4.74 Å². The number of benzene rings is 1. The monoisotopic (exact) mass is 261 g/mol. The molecule has 0 bridgehead atoms. The van der Waals surface area contributed by atoms with Crippen LogP contribution in [0.1, 0.15) is 23.7 Å². The van der Waals surface area contributed by atoms with Crippen molar-refractivity contribution in [2.75, 3.05) is 19.7 Å². The summed E-state index contributed by atoms with van der Waals surface area (Å²) in [5.74, 6) is -5.55. The molecular formula is C12H14F3NO2. The fourth-order valence-corrected chi connectivity index (χ4v) is 1.28. The topological polar surface area (TPSA) is 38.3 Å². The zero-order valence-corrected chi connectivity index (χ0v) is 9.93. The zero-order chi connectivity index (χ0) is 13.5. The van der Waals surface area contributed by atoms with Crippen LogP contribution in [0, 0.1) is 17.5 Å². The van der Waals surface area contributed by atoms with E-state index < -0.39 is 29.0 Å². The lowest BCUT2D eigenvalue weighted by molar-refractivity contribution is 0.0502. The third kappa shape index (κ3) is 3.73. The largest absolute Gasteiger partial charge is 0.461 e. The van der Waals surface area contributed by atoms with E-state index in [9.17, 15) is 18.0 Å². The van der Waals surface area contributed by atoms with Gasteiger partial charge in [-0.1, -0.05) is 6.92 Å². The normalized spacial score (nSPS) is 10.4. The van der Waals surface area contributed by atoms with Crippen LogP contribution in [0.4, 0.5) is 13.2 Å². The number of carbonyl (C=O) groups is 1. The average Bonchev–Trinajstić information content (AvgIpc) is 2.35. The van der Waals surface area contributed by atoms with Crippen LogP contribution in [0.2, 0.25) is 0 Å². The SMILES string of the molecule is CCCNCCOC(=O)c1ccc(F)c(F)c1F. The fourth-order valence-electron chi connectivity index (χ4n) is 1.28. The van der Waals surface area contributed by atoms with Gasteiger partial charge in [-0.2, -0.15) is 0 Å². The summed E-state index contributed by atoms with van der Waals surface area (Å²) in [5.41, 5.74) is -0.607. The van der Waals surface area contributed by atoms with Gasteiger partial charge in [-0.05, 0) is 25.1 Å². The van der Waals surface area contributed by atoms with Crippen molar-refractivity contribution in [1.29, 1.82) is 0 Å². The van der Waals surface area contributed by atoms with Crippen molar-refractivity contribution in [3.05, 3.63) is 35.1 Å². The first-order valence-electron chi connectivity index (χ1n) is 5.59. The molecule has 0 heterocycles. The molecule has 0 aliphatic carbocycles. The van der Waals surface area contributed by atoms with E-state index in [4.69, 9.17) is 4.74 Å². The minimum atomic E-state index is -1.67. The first kappa shape index (κ1) is 14.5. The van der Waals surface area contributed by atoms with Gasteiger partial charge in [-0.3, -0.25) is 0 Å². The molecule has 0 amide bonds. The van der Waals surface area contributed by atoms with Gasteiger partial charge >= 0.3 is 5.97 Å². The molecular weight excluding hydrogens is 247 g/mol. The molecule has 0 saturated heterocycles. The lowest BCUT2D eigenvalue weighted by Gasteiger charge is -2.07. The third-order valence-electron chi connectivity index (χ3n) is 2.19. The summed E-state index contributed by atoms with van der Waals surface area (Å²) in [6.07, 6.45) is 0.936. The lowest BCUT2D eigenvalue weighted by Crippen LogP contribution is -2.22. The number of carbonyl (C=O) groups excluding carboxylic acids is 1. The maximum Gasteiger partial charge on any atom is 0.341 e. The van der Waals surface area contributed by atoms with Crippen LogP contribution < -0.4 is 5.32 Å². The van der Waals surface area contributed by atoms with E-state index in [-0.39, 0.29) is 6.61 Å². The van der Waals surface area contributed by atoms with E-state index in [0.29, 0.717) is 12.6 Å². The highest BCUT2D eigenvalue weighted by molar-refractivity contribution is 5.89. The summed E-state index contributed by atoms with van der Waals surface area (Å²) in [6, 6.07) is 1.54. The zero-order valence-electron chi connectivity index (χ0n) is 9.93. The summed E-state index contributed by atoms with van der Waals surface area (Å²) in [4.78, 5) is 11.4. The molecule has 1 aromatic rings. The first-order chi connectivity index (χ1) is 8.57. The Balaban J connectivity index is 2.54. The molecule has 0 saturated carbocycles. The molecule has 1 rings (SSSR count). The maximum absolute atomic E-state index is 13.2. The standard InChI is InChI=1S/C12H14F3NO2/c1-2-5-16-6-7-18-12(17)8-3-4-9(13)11(15)10(8)14/h3-4,16H,2,5-7H2,1H3. The quantitative estimate of drug-likeness (QED) is 0.485. The minimum absolute atomic E-state index is 0.0390. The Kier molecular flexibility index (Phi) is 5.64. The summed E-state index contributed by atoms with van der Waals surface area (Å²) in [5, 5.41) is 2.97. The number of nitrogens with one attached hydrogen (secondary N) is 1. The van der Waals surface area contributed by atoms with Crippen LogP contribution in [0.3, 0.4) is 0 Å². The van der Waals surface area contributed by atoms with Gasteiger partial charge in [0.05, 0.1) is 5.56 Å². The smallest absolute Gasteiger partial charge is 0.341 e. The molecule has 0 radical (unpaired) electrons. The Morgan fingerprint density at radius 3 is 2.61 bits per heavy atom. The van der Waals surface area contributed by atoms with Crippen molar-refractivity contribution >= 4 is 5.97 Å². The van der Waals surface area contributed by atoms with Crippen molar-refractivity contribution in [1.82, 2.24) is 5.32 Å². The molecule has 6 heteroatoms. The van der Waals surface area contributed by atoms with Crippen molar-refractivity contribution in [3.8, 4) is 0 Å². The summed E-state index contributed by atoms with van der Waals surface area (Å²) < 4.78 is 43.4. The van der Waals surface area contributed by atoms with Gasteiger partial charge in [0, 0.05) is 6.54 Å². The Morgan fingerprint density at radius 1 is 1.22 bits per heavy atom. The molecule has 0 atom stereocenters. The van der Waals surface area contributed by atoms with Crippen LogP contribution in [0.25, 0.3) is 0 Å². The van der Waals surface area contributed by atoms with Crippen molar-refractivity contribution < 1.29 is 22.7 Å². The van der Waals surface area contributed by atoms with Gasteiger partial charge in [-0.15, -0.1) is 0 Å². The molecule has 0 aromatic heterocycles. The highest BCUT2D eigenvalue weighted by Crippen LogP contribution is 2.15. The molecule has 1 N–H and O–H groups in total. The van der Waals surface area contributed by atoms with Crippen LogP contribution >= 0.6 is 0 Å². The fraction of sp³-hybridized carbons (Fsp3) is 0.417. The molecule has 0 spiro atoms. The maximum atomic E-state index is 13.2. The van der Waals surface area contributed by atoms with Crippen LogP contribution in [0.5, 0.6) is 0 Å². The molecule has 0 unspecified atom stereocenters. The molecule has 3 nitrogen and oxygen atoms in total. The van der Waals surface area contributed by atoms with E-state index in [2.05, 4.69) is 5.32 Å². The number of hydrogen-bond donors (Lipinski definition) is 1. The Labute approximate surface area is 103 Å². The number of esters is 1. The Hall–Kier alpha value is -1.56. The number of rotatable bonds is 6. The average molecular weight is 261 g/mol. The predicted molar refractivity (Wildman–Crippen MR) is 59.8 cm³/mol. The van der Waals surface area contributed by atoms with Gasteiger partial charge in [0.1, 0.15) is 6.61 Å². The molecule has 0 aliphatic heterocycles. The summed E-state index contributed by atoms with van der Waals surface area (Å²) in [7, 11) is 0. The van der Waals surface area contributed by atoms with Gasteiger partial charge in [0.15, 0.2) is 17.5 Å². The van der Waals surface area contributed by atoms with Crippen LogP contribution in [-0.4, -0.2) is 25.7 Å². The van der Waals surface area contributed by atoms with E-state index in [1.165, 1.54) is 0 Å². The van der Waals surface area contributed by atoms with Crippen LogP contribution in [0.15, 0.2) is 12.1 Å². The second-order valence-corrected chi connectivity index (χ2v) is 3.61. The Bertz CT molecular complexity index is 424.